The first kappa shape index (κ1) is 10.1. The first-order valence-electron chi connectivity index (χ1n) is 6.00. The summed E-state index contributed by atoms with van der Waals surface area (Å²) in [4.78, 5) is 0. The van der Waals surface area contributed by atoms with Gasteiger partial charge in [-0.3, -0.25) is 0 Å². The molecule has 88 valence electrons. The third kappa shape index (κ3) is 1.60. The van der Waals surface area contributed by atoms with Crippen LogP contribution in [0.1, 0.15) is 30.1 Å². The van der Waals surface area contributed by atoms with E-state index in [9.17, 15) is 0 Å². The van der Waals surface area contributed by atoms with Gasteiger partial charge in [-0.1, -0.05) is 0 Å². The fraction of sp³-hybridized carbons (Fsp3) is 0.727. The maximum absolute atomic E-state index is 6.17. The van der Waals surface area contributed by atoms with Gasteiger partial charge in [0.05, 0.1) is 11.7 Å². The van der Waals surface area contributed by atoms with Crippen LogP contribution in [0.2, 0.25) is 0 Å². The lowest BCUT2D eigenvalue weighted by Crippen LogP contribution is -2.23. The maximum atomic E-state index is 6.17. The summed E-state index contributed by atoms with van der Waals surface area (Å²) in [5.41, 5.74) is 8.56. The van der Waals surface area contributed by atoms with E-state index in [1.807, 2.05) is 4.68 Å². The van der Waals surface area contributed by atoms with Crippen molar-refractivity contribution in [2.24, 2.45) is 0 Å². The normalized spacial score (nSPS) is 22.0. The molecule has 0 aliphatic carbocycles. The second-order valence-electron chi connectivity index (χ2n) is 4.53. The summed E-state index contributed by atoms with van der Waals surface area (Å²) in [6, 6.07) is 0.430. The van der Waals surface area contributed by atoms with Crippen molar-refractivity contribution in [3.05, 3.63) is 11.3 Å². The van der Waals surface area contributed by atoms with E-state index in [0.717, 1.165) is 51.4 Å². The molecule has 0 unspecified atom stereocenters. The fourth-order valence-electron chi connectivity index (χ4n) is 2.55. The van der Waals surface area contributed by atoms with Crippen molar-refractivity contribution in [2.75, 3.05) is 25.5 Å². The summed E-state index contributed by atoms with van der Waals surface area (Å²) in [5.74, 6) is 0.856. The summed E-state index contributed by atoms with van der Waals surface area (Å²) >= 11 is 0. The van der Waals surface area contributed by atoms with Gasteiger partial charge < -0.3 is 15.8 Å². The Labute approximate surface area is 94.9 Å². The SMILES string of the molecule is Nc1c2c(nn1C1CCOCC1)CCNC2. The monoisotopic (exact) mass is 222 g/mol. The number of nitrogen functional groups attached to an aromatic ring is 1. The Morgan fingerprint density at radius 2 is 2.19 bits per heavy atom. The number of fused-ring (bicyclic) bond motifs is 1. The number of hydrogen-bond donors (Lipinski definition) is 2. The molecule has 3 heterocycles. The molecule has 5 heteroatoms. The lowest BCUT2D eigenvalue weighted by molar-refractivity contribution is 0.0668. The van der Waals surface area contributed by atoms with Crippen molar-refractivity contribution >= 4 is 5.82 Å². The van der Waals surface area contributed by atoms with E-state index < -0.39 is 0 Å². The van der Waals surface area contributed by atoms with Crippen molar-refractivity contribution in [3.63, 3.8) is 0 Å². The topological polar surface area (TPSA) is 65.1 Å². The molecule has 0 radical (unpaired) electrons. The third-order valence-corrected chi connectivity index (χ3v) is 3.51. The zero-order chi connectivity index (χ0) is 11.0. The second kappa shape index (κ2) is 4.07. The van der Waals surface area contributed by atoms with E-state index in [0.29, 0.717) is 6.04 Å². The maximum Gasteiger partial charge on any atom is 0.126 e. The number of aromatic nitrogens is 2. The van der Waals surface area contributed by atoms with Gasteiger partial charge in [-0.05, 0) is 12.8 Å². The van der Waals surface area contributed by atoms with Gasteiger partial charge in [-0.25, -0.2) is 4.68 Å². The average Bonchev–Trinajstić information content (AvgIpc) is 2.69. The predicted molar refractivity (Wildman–Crippen MR) is 61.1 cm³/mol. The molecule has 0 saturated carbocycles. The summed E-state index contributed by atoms with van der Waals surface area (Å²) in [7, 11) is 0. The first-order chi connectivity index (χ1) is 7.86. The molecular formula is C11H18N4O. The van der Waals surface area contributed by atoms with Gasteiger partial charge in [-0.15, -0.1) is 0 Å². The molecule has 1 fully saturated rings. The van der Waals surface area contributed by atoms with Crippen LogP contribution in [0, 0.1) is 0 Å². The Balaban J connectivity index is 1.91. The summed E-state index contributed by atoms with van der Waals surface area (Å²) in [6.07, 6.45) is 3.05. The molecule has 0 amide bonds. The quantitative estimate of drug-likeness (QED) is 0.724. The van der Waals surface area contributed by atoms with Crippen LogP contribution >= 0.6 is 0 Å². The lowest BCUT2D eigenvalue weighted by Gasteiger charge is -2.23. The highest BCUT2D eigenvalue weighted by atomic mass is 16.5. The van der Waals surface area contributed by atoms with Crippen LogP contribution in [0.25, 0.3) is 0 Å². The van der Waals surface area contributed by atoms with Crippen molar-refractivity contribution in [1.82, 2.24) is 15.1 Å². The van der Waals surface area contributed by atoms with Crippen molar-refractivity contribution in [1.29, 1.82) is 0 Å². The Hall–Kier alpha value is -1.07. The summed E-state index contributed by atoms with van der Waals surface area (Å²) in [5, 5.41) is 8.01. The van der Waals surface area contributed by atoms with Crippen LogP contribution in [-0.2, 0) is 17.7 Å². The highest BCUT2D eigenvalue weighted by Crippen LogP contribution is 2.28. The number of nitrogens with two attached hydrogens (primary N) is 1. The van der Waals surface area contributed by atoms with E-state index in [1.165, 1.54) is 11.3 Å². The first-order valence-corrected chi connectivity index (χ1v) is 6.00. The third-order valence-electron chi connectivity index (χ3n) is 3.51. The molecule has 2 aliphatic heterocycles. The van der Waals surface area contributed by atoms with Crippen LogP contribution in [-0.4, -0.2) is 29.5 Å². The average molecular weight is 222 g/mol. The molecule has 1 aromatic rings. The van der Waals surface area contributed by atoms with E-state index in [4.69, 9.17) is 10.5 Å². The minimum absolute atomic E-state index is 0.430. The van der Waals surface area contributed by atoms with Gasteiger partial charge in [0.15, 0.2) is 0 Å². The number of hydrogen-bond acceptors (Lipinski definition) is 4. The van der Waals surface area contributed by atoms with E-state index in [2.05, 4.69) is 10.4 Å². The molecule has 2 aliphatic rings. The standard InChI is InChI=1S/C11H18N4O/c12-11-9-7-13-4-1-10(9)14-15(11)8-2-5-16-6-3-8/h8,13H,1-7,12H2. The highest BCUT2D eigenvalue weighted by Gasteiger charge is 2.24. The fourth-order valence-corrected chi connectivity index (χ4v) is 2.55. The summed E-state index contributed by atoms with van der Waals surface area (Å²) < 4.78 is 7.40. The predicted octanol–water partition coefficient (Wildman–Crippen LogP) is 0.462. The zero-order valence-corrected chi connectivity index (χ0v) is 9.41. The molecular weight excluding hydrogens is 204 g/mol. The van der Waals surface area contributed by atoms with E-state index in [-0.39, 0.29) is 0 Å². The second-order valence-corrected chi connectivity index (χ2v) is 4.53. The Morgan fingerprint density at radius 3 is 2.94 bits per heavy atom. The molecule has 0 aromatic carbocycles. The Morgan fingerprint density at radius 1 is 1.38 bits per heavy atom. The van der Waals surface area contributed by atoms with Gasteiger partial charge in [0.25, 0.3) is 0 Å². The number of nitrogens with zero attached hydrogens (tertiary/aromatic N) is 2. The molecule has 1 saturated heterocycles. The molecule has 1 aromatic heterocycles. The van der Waals surface area contributed by atoms with Crippen LogP contribution in [0.3, 0.4) is 0 Å². The van der Waals surface area contributed by atoms with Gasteiger partial charge in [-0.2, -0.15) is 5.10 Å². The lowest BCUT2D eigenvalue weighted by atomic mass is 10.1. The molecule has 5 nitrogen and oxygen atoms in total. The molecule has 0 spiro atoms. The molecule has 3 N–H and O–H groups in total. The van der Waals surface area contributed by atoms with Gasteiger partial charge in [0.1, 0.15) is 5.82 Å². The number of anilines is 1. The molecule has 16 heavy (non-hydrogen) atoms. The number of ether oxygens (including phenoxy) is 1. The van der Waals surface area contributed by atoms with Crippen LogP contribution in [0.15, 0.2) is 0 Å². The largest absolute Gasteiger partial charge is 0.384 e. The van der Waals surface area contributed by atoms with Crippen molar-refractivity contribution in [3.8, 4) is 0 Å². The minimum Gasteiger partial charge on any atom is -0.384 e. The number of nitrogens with one attached hydrogen (secondary N) is 1. The smallest absolute Gasteiger partial charge is 0.126 e. The molecule has 3 rings (SSSR count). The molecule has 0 atom stereocenters. The van der Waals surface area contributed by atoms with Gasteiger partial charge in [0.2, 0.25) is 0 Å². The Bertz CT molecular complexity index is 382. The van der Waals surface area contributed by atoms with Gasteiger partial charge in [0, 0.05) is 38.3 Å². The van der Waals surface area contributed by atoms with E-state index >= 15 is 0 Å². The number of rotatable bonds is 1. The minimum atomic E-state index is 0.430. The highest BCUT2D eigenvalue weighted by molar-refractivity contribution is 5.45. The Kier molecular flexibility index (Phi) is 2.57. The van der Waals surface area contributed by atoms with Crippen LogP contribution in [0.5, 0.6) is 0 Å². The van der Waals surface area contributed by atoms with E-state index in [1.54, 1.807) is 0 Å². The summed E-state index contributed by atoms with van der Waals surface area (Å²) in [6.45, 7) is 3.53. The van der Waals surface area contributed by atoms with Crippen LogP contribution in [0.4, 0.5) is 5.82 Å². The van der Waals surface area contributed by atoms with Gasteiger partial charge >= 0.3 is 0 Å². The van der Waals surface area contributed by atoms with Crippen LogP contribution < -0.4 is 11.1 Å². The van der Waals surface area contributed by atoms with Crippen molar-refractivity contribution in [2.45, 2.75) is 31.8 Å². The molecule has 0 bridgehead atoms. The zero-order valence-electron chi connectivity index (χ0n) is 9.41. The van der Waals surface area contributed by atoms with Crippen molar-refractivity contribution < 1.29 is 4.74 Å².